The van der Waals surface area contributed by atoms with E-state index in [0.29, 0.717) is 5.41 Å². The summed E-state index contributed by atoms with van der Waals surface area (Å²) >= 11 is 6.11. The fourth-order valence-corrected chi connectivity index (χ4v) is 6.19. The van der Waals surface area contributed by atoms with Crippen molar-refractivity contribution in [3.8, 4) is 0 Å². The minimum absolute atomic E-state index is 0.503. The van der Waals surface area contributed by atoms with Crippen molar-refractivity contribution in [3.05, 3.63) is 47.0 Å². The second-order valence-corrected chi connectivity index (χ2v) is 8.34. The van der Waals surface area contributed by atoms with Crippen LogP contribution in [0.4, 0.5) is 0 Å². The van der Waals surface area contributed by atoms with Crippen molar-refractivity contribution in [2.75, 3.05) is 0 Å². The number of fused-ring (bicyclic) bond motifs is 1. The lowest BCUT2D eigenvalue weighted by atomic mass is 9.48. The van der Waals surface area contributed by atoms with E-state index in [1.807, 2.05) is 6.07 Å². The van der Waals surface area contributed by atoms with Crippen molar-refractivity contribution in [1.82, 2.24) is 0 Å². The summed E-state index contributed by atoms with van der Waals surface area (Å²) in [5.41, 5.74) is 2.11. The van der Waals surface area contributed by atoms with Gasteiger partial charge in [-0.15, -0.1) is 0 Å². The van der Waals surface area contributed by atoms with Crippen molar-refractivity contribution in [1.29, 1.82) is 0 Å². The van der Waals surface area contributed by atoms with Crippen LogP contribution >= 0.6 is 11.6 Å². The van der Waals surface area contributed by atoms with Gasteiger partial charge < -0.3 is 0 Å². The van der Waals surface area contributed by atoms with Crippen molar-refractivity contribution in [2.24, 2.45) is 17.8 Å². The third-order valence-electron chi connectivity index (χ3n) is 6.45. The molecule has 0 spiro atoms. The molecule has 2 aromatic carbocycles. The first-order valence-corrected chi connectivity index (χ1v) is 8.78. The van der Waals surface area contributed by atoms with Gasteiger partial charge in [0.05, 0.1) is 0 Å². The zero-order valence-electron chi connectivity index (χ0n) is 12.3. The van der Waals surface area contributed by atoms with E-state index in [1.54, 1.807) is 5.56 Å². The van der Waals surface area contributed by atoms with Crippen LogP contribution in [0.15, 0.2) is 36.4 Å². The number of hydrogen-bond acceptors (Lipinski definition) is 0. The molecule has 4 saturated carbocycles. The molecule has 0 radical (unpaired) electrons. The van der Waals surface area contributed by atoms with E-state index in [-0.39, 0.29) is 0 Å². The highest BCUT2D eigenvalue weighted by Gasteiger charge is 2.51. The Morgan fingerprint density at radius 3 is 2.00 bits per heavy atom. The summed E-state index contributed by atoms with van der Waals surface area (Å²) in [7, 11) is 0. The number of halogens is 1. The van der Waals surface area contributed by atoms with Gasteiger partial charge >= 0.3 is 0 Å². The Bertz CT molecular complexity index is 680. The molecule has 4 aliphatic carbocycles. The number of hydrogen-bond donors (Lipinski definition) is 0. The van der Waals surface area contributed by atoms with Gasteiger partial charge in [-0.1, -0.05) is 35.9 Å². The molecule has 6 rings (SSSR count). The summed E-state index contributed by atoms with van der Waals surface area (Å²) in [6.07, 6.45) is 8.88. The molecule has 0 N–H and O–H groups in total. The normalized spacial score (nSPS) is 37.3. The highest BCUT2D eigenvalue weighted by molar-refractivity contribution is 6.31. The molecule has 0 nitrogen and oxygen atoms in total. The maximum absolute atomic E-state index is 6.11. The molecule has 4 fully saturated rings. The van der Waals surface area contributed by atoms with Crippen LogP contribution in [-0.4, -0.2) is 0 Å². The molecule has 0 aromatic heterocycles. The van der Waals surface area contributed by atoms with E-state index >= 15 is 0 Å². The van der Waals surface area contributed by atoms with E-state index in [2.05, 4.69) is 30.3 Å². The van der Waals surface area contributed by atoms with Gasteiger partial charge in [-0.25, -0.2) is 0 Å². The Morgan fingerprint density at radius 1 is 0.762 bits per heavy atom. The molecule has 4 bridgehead atoms. The summed E-state index contributed by atoms with van der Waals surface area (Å²) in [6, 6.07) is 13.4. The molecule has 0 aliphatic heterocycles. The van der Waals surface area contributed by atoms with Crippen LogP contribution in [0.1, 0.15) is 44.1 Å². The van der Waals surface area contributed by atoms with Gasteiger partial charge in [0.15, 0.2) is 0 Å². The maximum atomic E-state index is 6.11. The van der Waals surface area contributed by atoms with E-state index in [9.17, 15) is 0 Å². The number of benzene rings is 2. The van der Waals surface area contributed by atoms with Crippen LogP contribution in [0.3, 0.4) is 0 Å². The van der Waals surface area contributed by atoms with Crippen LogP contribution in [0.5, 0.6) is 0 Å². The average Bonchev–Trinajstić information content (AvgIpc) is 2.45. The van der Waals surface area contributed by atoms with Gasteiger partial charge in [0.25, 0.3) is 0 Å². The molecule has 21 heavy (non-hydrogen) atoms. The van der Waals surface area contributed by atoms with Crippen LogP contribution in [0.25, 0.3) is 10.8 Å². The molecule has 0 atom stereocenters. The van der Waals surface area contributed by atoms with Crippen LogP contribution in [-0.2, 0) is 5.41 Å². The predicted octanol–water partition coefficient (Wildman–Crippen LogP) is 5.96. The van der Waals surface area contributed by atoms with E-state index in [4.69, 9.17) is 11.6 Å². The minimum atomic E-state index is 0.503. The van der Waals surface area contributed by atoms with Gasteiger partial charge in [0.2, 0.25) is 0 Å². The Hall–Kier alpha value is -1.01. The summed E-state index contributed by atoms with van der Waals surface area (Å²) in [6.45, 7) is 0. The first-order valence-electron chi connectivity index (χ1n) is 8.40. The zero-order chi connectivity index (χ0) is 14.0. The van der Waals surface area contributed by atoms with E-state index in [1.165, 1.54) is 49.3 Å². The van der Waals surface area contributed by atoms with Crippen LogP contribution < -0.4 is 0 Å². The smallest absolute Gasteiger partial charge is 0.0412 e. The maximum Gasteiger partial charge on any atom is 0.0412 e. The van der Waals surface area contributed by atoms with Gasteiger partial charge in [0.1, 0.15) is 0 Å². The largest absolute Gasteiger partial charge is 0.0843 e. The molecule has 0 amide bonds. The molecule has 2 aromatic rings. The molecule has 0 saturated heterocycles. The molecular weight excluding hydrogens is 276 g/mol. The van der Waals surface area contributed by atoms with Crippen molar-refractivity contribution < 1.29 is 0 Å². The lowest BCUT2D eigenvalue weighted by molar-refractivity contribution is -0.00512. The van der Waals surface area contributed by atoms with E-state index in [0.717, 1.165) is 22.8 Å². The van der Waals surface area contributed by atoms with Gasteiger partial charge in [-0.2, -0.15) is 0 Å². The zero-order valence-corrected chi connectivity index (χ0v) is 13.1. The first-order chi connectivity index (χ1) is 10.2. The molecular formula is C20H21Cl. The number of rotatable bonds is 1. The third-order valence-corrected chi connectivity index (χ3v) is 6.69. The highest BCUT2D eigenvalue weighted by Crippen LogP contribution is 2.60. The van der Waals surface area contributed by atoms with Crippen LogP contribution in [0, 0.1) is 17.8 Å². The van der Waals surface area contributed by atoms with E-state index < -0.39 is 0 Å². The van der Waals surface area contributed by atoms with Crippen molar-refractivity contribution in [2.45, 2.75) is 43.9 Å². The fraction of sp³-hybridized carbons (Fsp3) is 0.500. The molecule has 108 valence electrons. The molecule has 1 heteroatoms. The Labute approximate surface area is 131 Å². The predicted molar refractivity (Wildman–Crippen MR) is 88.8 cm³/mol. The third kappa shape index (κ3) is 1.88. The van der Waals surface area contributed by atoms with Crippen molar-refractivity contribution >= 4 is 22.4 Å². The average molecular weight is 297 g/mol. The minimum Gasteiger partial charge on any atom is -0.0843 e. The Kier molecular flexibility index (Phi) is 2.54. The van der Waals surface area contributed by atoms with Gasteiger partial charge in [-0.3, -0.25) is 0 Å². The topological polar surface area (TPSA) is 0 Å². The summed E-state index contributed by atoms with van der Waals surface area (Å²) < 4.78 is 0. The summed E-state index contributed by atoms with van der Waals surface area (Å²) in [5.74, 6) is 3.03. The highest BCUT2D eigenvalue weighted by atomic mass is 35.5. The lowest BCUT2D eigenvalue weighted by Gasteiger charge is -2.57. The lowest BCUT2D eigenvalue weighted by Crippen LogP contribution is -2.48. The van der Waals surface area contributed by atoms with Gasteiger partial charge in [0, 0.05) is 5.02 Å². The summed E-state index contributed by atoms with van der Waals surface area (Å²) in [5, 5.41) is 3.47. The Balaban J connectivity index is 1.62. The second kappa shape index (κ2) is 4.26. The van der Waals surface area contributed by atoms with Gasteiger partial charge in [-0.05, 0) is 90.2 Å². The molecule has 0 heterocycles. The van der Waals surface area contributed by atoms with Crippen LogP contribution in [0.2, 0.25) is 5.02 Å². The quantitative estimate of drug-likeness (QED) is 0.609. The second-order valence-electron chi connectivity index (χ2n) is 7.90. The molecule has 0 unspecified atom stereocenters. The summed E-state index contributed by atoms with van der Waals surface area (Å²) in [4.78, 5) is 0. The standard InChI is InChI=1S/C20H21Cl/c21-19-4-2-16-8-18(3-1-17(16)9-19)20-10-13-5-14(11-20)7-15(6-13)12-20/h1-4,8-9,13-15H,5-7,10-12H2. The first kappa shape index (κ1) is 12.5. The molecule has 4 aliphatic rings. The fourth-order valence-electron chi connectivity index (χ4n) is 6.01. The monoisotopic (exact) mass is 296 g/mol. The van der Waals surface area contributed by atoms with Crippen molar-refractivity contribution in [3.63, 3.8) is 0 Å². The SMILES string of the molecule is Clc1ccc2cc(C34CC5CC(CC(C5)C3)C4)ccc2c1. The Morgan fingerprint density at radius 2 is 1.33 bits per heavy atom.